The number of nitrogens with zero attached hydrogens (tertiary/aromatic N) is 1. The van der Waals surface area contributed by atoms with E-state index >= 15 is 0 Å². The number of rotatable bonds is 6. The molecule has 0 amide bonds. The minimum atomic E-state index is -2.97. The van der Waals surface area contributed by atoms with E-state index in [4.69, 9.17) is 0 Å². The summed E-state index contributed by atoms with van der Waals surface area (Å²) in [6, 6.07) is 5.59. The van der Waals surface area contributed by atoms with Gasteiger partial charge in [-0.2, -0.15) is 0 Å². The highest BCUT2D eigenvalue weighted by atomic mass is 32.2. The van der Waals surface area contributed by atoms with Crippen LogP contribution in [0.25, 0.3) is 0 Å². The molecule has 0 aliphatic carbocycles. The third kappa shape index (κ3) is 4.36. The Hall–Kier alpha value is -1.24. The molecule has 4 nitrogen and oxygen atoms in total. The van der Waals surface area contributed by atoms with Crippen molar-refractivity contribution in [2.75, 3.05) is 24.6 Å². The molecule has 116 valence electrons. The molecule has 21 heavy (non-hydrogen) atoms. The summed E-state index contributed by atoms with van der Waals surface area (Å²) in [5, 5.41) is 10.3. The number of aliphatic hydroxyl groups is 1. The summed E-state index contributed by atoms with van der Waals surface area (Å²) in [5.41, 5.74) is 0.617. The molecule has 2 rings (SSSR count). The molecule has 0 aromatic heterocycles. The Kier molecular flexibility index (Phi) is 5.13. The number of hydrogen-bond acceptors (Lipinski definition) is 4. The van der Waals surface area contributed by atoms with E-state index in [2.05, 4.69) is 6.58 Å². The predicted octanol–water partition coefficient (Wildman–Crippen LogP) is 1.53. The first kappa shape index (κ1) is 16.1. The molecule has 2 unspecified atom stereocenters. The van der Waals surface area contributed by atoms with Crippen LogP contribution in [0.1, 0.15) is 18.1 Å². The van der Waals surface area contributed by atoms with Crippen LogP contribution in [-0.2, 0) is 9.84 Å². The van der Waals surface area contributed by atoms with Gasteiger partial charge in [-0.15, -0.1) is 6.58 Å². The number of aliphatic hydroxyl groups excluding tert-OH is 1. The summed E-state index contributed by atoms with van der Waals surface area (Å²) in [5.74, 6) is -0.0367. The monoisotopic (exact) mass is 313 g/mol. The molecule has 6 heteroatoms. The third-order valence-corrected chi connectivity index (χ3v) is 5.50. The average Bonchev–Trinajstić information content (AvgIpc) is 2.79. The van der Waals surface area contributed by atoms with Gasteiger partial charge in [-0.25, -0.2) is 12.8 Å². The van der Waals surface area contributed by atoms with Crippen molar-refractivity contribution >= 4 is 9.84 Å². The van der Waals surface area contributed by atoms with E-state index in [-0.39, 0.29) is 23.4 Å². The zero-order valence-corrected chi connectivity index (χ0v) is 12.6. The lowest BCUT2D eigenvalue weighted by atomic mass is 10.1. The minimum absolute atomic E-state index is 0.0944. The van der Waals surface area contributed by atoms with Crippen LogP contribution in [-0.4, -0.2) is 49.1 Å². The maximum atomic E-state index is 12.9. The van der Waals surface area contributed by atoms with Crippen molar-refractivity contribution in [3.8, 4) is 0 Å². The van der Waals surface area contributed by atoms with Crippen molar-refractivity contribution in [1.29, 1.82) is 0 Å². The van der Waals surface area contributed by atoms with Gasteiger partial charge in [0.25, 0.3) is 0 Å². The van der Waals surface area contributed by atoms with Crippen molar-refractivity contribution in [1.82, 2.24) is 4.90 Å². The maximum Gasteiger partial charge on any atom is 0.151 e. The second-order valence-electron chi connectivity index (χ2n) is 5.37. The van der Waals surface area contributed by atoms with Gasteiger partial charge in [0.05, 0.1) is 17.6 Å². The standard InChI is InChI=1S/C15H20FNO3S/c1-2-8-17(14-7-9-21(19,20)11-14)10-15(18)12-3-5-13(16)6-4-12/h2-6,14-15,18H,1,7-11H2. The number of benzene rings is 1. The molecule has 0 radical (unpaired) electrons. The van der Waals surface area contributed by atoms with E-state index in [9.17, 15) is 17.9 Å². The summed E-state index contributed by atoms with van der Waals surface area (Å²) in [7, 11) is -2.97. The minimum Gasteiger partial charge on any atom is -0.387 e. The first-order chi connectivity index (χ1) is 9.91. The molecular weight excluding hydrogens is 293 g/mol. The smallest absolute Gasteiger partial charge is 0.151 e. The van der Waals surface area contributed by atoms with Gasteiger partial charge in [0.1, 0.15) is 5.82 Å². The molecule has 1 heterocycles. The summed E-state index contributed by atoms with van der Waals surface area (Å²) < 4.78 is 36.1. The van der Waals surface area contributed by atoms with E-state index < -0.39 is 15.9 Å². The van der Waals surface area contributed by atoms with E-state index in [0.717, 1.165) is 0 Å². The molecule has 1 aliphatic rings. The molecule has 1 aliphatic heterocycles. The molecule has 1 N–H and O–H groups in total. The Morgan fingerprint density at radius 1 is 1.43 bits per heavy atom. The van der Waals surface area contributed by atoms with Gasteiger partial charge in [-0.05, 0) is 24.1 Å². The molecule has 0 spiro atoms. The van der Waals surface area contributed by atoms with E-state index in [0.29, 0.717) is 25.1 Å². The zero-order valence-electron chi connectivity index (χ0n) is 11.8. The summed E-state index contributed by atoms with van der Waals surface area (Å²) in [6.45, 7) is 4.49. The normalized spacial score (nSPS) is 22.3. The Labute approximate surface area is 124 Å². The fraction of sp³-hybridized carbons (Fsp3) is 0.467. The zero-order chi connectivity index (χ0) is 15.5. The lowest BCUT2D eigenvalue weighted by Gasteiger charge is -2.29. The van der Waals surface area contributed by atoms with E-state index in [1.54, 1.807) is 6.08 Å². The van der Waals surface area contributed by atoms with E-state index in [1.807, 2.05) is 4.90 Å². The Bertz CT molecular complexity index is 585. The number of hydrogen-bond donors (Lipinski definition) is 1. The first-order valence-corrected chi connectivity index (χ1v) is 8.72. The topological polar surface area (TPSA) is 57.6 Å². The summed E-state index contributed by atoms with van der Waals surface area (Å²) >= 11 is 0. The quantitative estimate of drug-likeness (QED) is 0.809. The van der Waals surface area contributed by atoms with Crippen molar-refractivity contribution in [2.24, 2.45) is 0 Å². The highest BCUT2D eigenvalue weighted by Gasteiger charge is 2.32. The van der Waals surface area contributed by atoms with Crippen LogP contribution in [0, 0.1) is 5.82 Å². The molecular formula is C15H20FNO3S. The van der Waals surface area contributed by atoms with Crippen LogP contribution in [0.5, 0.6) is 0 Å². The van der Waals surface area contributed by atoms with Gasteiger partial charge in [0.15, 0.2) is 9.84 Å². The second kappa shape index (κ2) is 6.68. The molecule has 1 fully saturated rings. The average molecular weight is 313 g/mol. The van der Waals surface area contributed by atoms with Crippen LogP contribution in [0.2, 0.25) is 0 Å². The Balaban J connectivity index is 2.05. The van der Waals surface area contributed by atoms with Crippen molar-refractivity contribution in [3.05, 3.63) is 48.3 Å². The molecule has 1 aromatic rings. The molecule has 1 aromatic carbocycles. The molecule has 0 saturated carbocycles. The van der Waals surface area contributed by atoms with Gasteiger partial charge in [-0.3, -0.25) is 4.90 Å². The van der Waals surface area contributed by atoms with Gasteiger partial charge in [0.2, 0.25) is 0 Å². The summed E-state index contributed by atoms with van der Waals surface area (Å²) in [6.07, 6.45) is 1.49. The first-order valence-electron chi connectivity index (χ1n) is 6.90. The highest BCUT2D eigenvalue weighted by molar-refractivity contribution is 7.91. The van der Waals surface area contributed by atoms with Crippen LogP contribution in [0.4, 0.5) is 4.39 Å². The van der Waals surface area contributed by atoms with Gasteiger partial charge < -0.3 is 5.11 Å². The van der Waals surface area contributed by atoms with Gasteiger partial charge in [0, 0.05) is 19.1 Å². The maximum absolute atomic E-state index is 12.9. The third-order valence-electron chi connectivity index (χ3n) is 3.75. The SMILES string of the molecule is C=CCN(CC(O)c1ccc(F)cc1)C1CCS(=O)(=O)C1. The van der Waals surface area contributed by atoms with Crippen LogP contribution in [0.15, 0.2) is 36.9 Å². The number of sulfone groups is 1. The fourth-order valence-corrected chi connectivity index (χ4v) is 4.38. The lowest BCUT2D eigenvalue weighted by molar-refractivity contribution is 0.100. The second-order valence-corrected chi connectivity index (χ2v) is 7.60. The van der Waals surface area contributed by atoms with Crippen LogP contribution in [0.3, 0.4) is 0 Å². The van der Waals surface area contributed by atoms with Crippen molar-refractivity contribution in [3.63, 3.8) is 0 Å². The Morgan fingerprint density at radius 3 is 2.62 bits per heavy atom. The van der Waals surface area contributed by atoms with E-state index in [1.165, 1.54) is 24.3 Å². The number of halogens is 1. The lowest BCUT2D eigenvalue weighted by Crippen LogP contribution is -2.39. The van der Waals surface area contributed by atoms with Crippen LogP contribution >= 0.6 is 0 Å². The molecule has 2 atom stereocenters. The Morgan fingerprint density at radius 2 is 2.10 bits per heavy atom. The molecule has 1 saturated heterocycles. The summed E-state index contributed by atoms with van der Waals surface area (Å²) in [4.78, 5) is 1.92. The van der Waals surface area contributed by atoms with Crippen molar-refractivity contribution in [2.45, 2.75) is 18.6 Å². The largest absolute Gasteiger partial charge is 0.387 e. The fourth-order valence-electron chi connectivity index (χ4n) is 2.61. The van der Waals surface area contributed by atoms with Crippen LogP contribution < -0.4 is 0 Å². The van der Waals surface area contributed by atoms with Gasteiger partial charge in [-0.1, -0.05) is 18.2 Å². The highest BCUT2D eigenvalue weighted by Crippen LogP contribution is 2.21. The predicted molar refractivity (Wildman–Crippen MR) is 80.2 cm³/mol. The van der Waals surface area contributed by atoms with Gasteiger partial charge >= 0.3 is 0 Å². The molecule has 0 bridgehead atoms. The van der Waals surface area contributed by atoms with Crippen molar-refractivity contribution < 1.29 is 17.9 Å².